The van der Waals surface area contributed by atoms with Crippen LogP contribution in [0.25, 0.3) is 0 Å². The van der Waals surface area contributed by atoms with Crippen molar-refractivity contribution in [3.05, 3.63) is 59.2 Å². The van der Waals surface area contributed by atoms with Gasteiger partial charge in [0, 0.05) is 11.4 Å². The monoisotopic (exact) mass is 312 g/mol. The summed E-state index contributed by atoms with van der Waals surface area (Å²) in [6.45, 7) is 4.21. The summed E-state index contributed by atoms with van der Waals surface area (Å²) in [5.74, 6) is -0.625. The van der Waals surface area contributed by atoms with Gasteiger partial charge in [0.2, 0.25) is 5.91 Å². The molecule has 0 heterocycles. The quantitative estimate of drug-likeness (QED) is 0.832. The van der Waals surface area contributed by atoms with Gasteiger partial charge in [0.25, 0.3) is 0 Å². The standard InChI is InChI=1S/C18H20N2O3/c1-12-7-8-15(9-13(12)2)19-11-17(21)20-16-6-4-5-14(10-16)18(22)23-3/h4-10,19H,11H2,1-3H3,(H,20,21). The Labute approximate surface area is 135 Å². The predicted octanol–water partition coefficient (Wildman–Crippen LogP) is 3.14. The molecule has 0 aliphatic carbocycles. The van der Waals surface area contributed by atoms with E-state index in [1.165, 1.54) is 18.2 Å². The normalized spacial score (nSPS) is 10.0. The van der Waals surface area contributed by atoms with Gasteiger partial charge in [0.15, 0.2) is 0 Å². The Morgan fingerprint density at radius 1 is 1.00 bits per heavy atom. The summed E-state index contributed by atoms with van der Waals surface area (Å²) in [4.78, 5) is 23.5. The highest BCUT2D eigenvalue weighted by molar-refractivity contribution is 5.96. The molecule has 5 heteroatoms. The molecule has 0 saturated heterocycles. The van der Waals surface area contributed by atoms with Gasteiger partial charge >= 0.3 is 5.97 Å². The molecule has 0 saturated carbocycles. The minimum absolute atomic E-state index is 0.144. The molecule has 0 radical (unpaired) electrons. The summed E-state index contributed by atoms with van der Waals surface area (Å²) in [5, 5.41) is 5.83. The van der Waals surface area contributed by atoms with Crippen molar-refractivity contribution < 1.29 is 14.3 Å². The molecule has 2 rings (SSSR count). The fourth-order valence-electron chi connectivity index (χ4n) is 2.08. The highest BCUT2D eigenvalue weighted by Crippen LogP contribution is 2.14. The van der Waals surface area contributed by atoms with Gasteiger partial charge in [-0.2, -0.15) is 0 Å². The summed E-state index contributed by atoms with van der Waals surface area (Å²) in [5.41, 5.74) is 4.22. The van der Waals surface area contributed by atoms with Crippen LogP contribution >= 0.6 is 0 Å². The number of ether oxygens (including phenoxy) is 1. The molecule has 0 atom stereocenters. The number of aryl methyl sites for hydroxylation is 2. The number of hydrogen-bond acceptors (Lipinski definition) is 4. The minimum Gasteiger partial charge on any atom is -0.465 e. The number of esters is 1. The Morgan fingerprint density at radius 2 is 1.78 bits per heavy atom. The number of rotatable bonds is 5. The zero-order chi connectivity index (χ0) is 16.8. The van der Waals surface area contributed by atoms with E-state index in [0.717, 1.165) is 5.69 Å². The lowest BCUT2D eigenvalue weighted by Crippen LogP contribution is -2.22. The van der Waals surface area contributed by atoms with Crippen LogP contribution in [0.15, 0.2) is 42.5 Å². The number of amides is 1. The Morgan fingerprint density at radius 3 is 2.48 bits per heavy atom. The first-order valence-corrected chi connectivity index (χ1v) is 7.29. The molecule has 2 N–H and O–H groups in total. The zero-order valence-corrected chi connectivity index (χ0v) is 13.5. The maximum atomic E-state index is 12.0. The second kappa shape index (κ2) is 7.45. The van der Waals surface area contributed by atoms with Crippen LogP contribution in [0.4, 0.5) is 11.4 Å². The van der Waals surface area contributed by atoms with Crippen molar-refractivity contribution in [1.82, 2.24) is 0 Å². The van der Waals surface area contributed by atoms with Gasteiger partial charge in [-0.05, 0) is 55.3 Å². The van der Waals surface area contributed by atoms with Crippen molar-refractivity contribution in [3.8, 4) is 0 Å². The third kappa shape index (κ3) is 4.57. The molecule has 0 spiro atoms. The molecule has 0 fully saturated rings. The van der Waals surface area contributed by atoms with Crippen molar-refractivity contribution in [2.75, 3.05) is 24.3 Å². The van der Waals surface area contributed by atoms with Crippen molar-refractivity contribution in [3.63, 3.8) is 0 Å². The SMILES string of the molecule is COC(=O)c1cccc(NC(=O)CNc2ccc(C)c(C)c2)c1. The third-order valence-electron chi connectivity index (χ3n) is 3.53. The van der Waals surface area contributed by atoms with Gasteiger partial charge in [-0.3, -0.25) is 4.79 Å². The van der Waals surface area contributed by atoms with Crippen LogP contribution in [0.2, 0.25) is 0 Å². The molecule has 0 aliphatic heterocycles. The van der Waals surface area contributed by atoms with Crippen molar-refractivity contribution in [2.24, 2.45) is 0 Å². The van der Waals surface area contributed by atoms with E-state index in [1.807, 2.05) is 32.0 Å². The Balaban J connectivity index is 1.94. The molecule has 5 nitrogen and oxygen atoms in total. The summed E-state index contributed by atoms with van der Waals surface area (Å²) in [7, 11) is 1.32. The first kappa shape index (κ1) is 16.5. The van der Waals surface area contributed by atoms with Gasteiger partial charge in [0.1, 0.15) is 0 Å². The predicted molar refractivity (Wildman–Crippen MR) is 90.8 cm³/mol. The van der Waals surface area contributed by atoms with E-state index in [2.05, 4.69) is 15.4 Å². The number of carbonyl (C=O) groups excluding carboxylic acids is 2. The highest BCUT2D eigenvalue weighted by atomic mass is 16.5. The number of benzene rings is 2. The first-order chi connectivity index (χ1) is 11.0. The molecule has 0 bridgehead atoms. The van der Waals surface area contributed by atoms with Gasteiger partial charge in [-0.25, -0.2) is 4.79 Å². The Kier molecular flexibility index (Phi) is 5.36. The van der Waals surface area contributed by atoms with Gasteiger partial charge in [0.05, 0.1) is 19.2 Å². The van der Waals surface area contributed by atoms with Crippen LogP contribution in [0, 0.1) is 13.8 Å². The maximum absolute atomic E-state index is 12.0. The summed E-state index contributed by atoms with van der Waals surface area (Å²) in [6.07, 6.45) is 0. The molecule has 0 aromatic heterocycles. The molecule has 120 valence electrons. The van der Waals surface area contributed by atoms with E-state index in [0.29, 0.717) is 11.3 Å². The van der Waals surface area contributed by atoms with Crippen molar-refractivity contribution in [2.45, 2.75) is 13.8 Å². The molecule has 1 amide bonds. The van der Waals surface area contributed by atoms with E-state index in [-0.39, 0.29) is 12.5 Å². The smallest absolute Gasteiger partial charge is 0.337 e. The van der Waals surface area contributed by atoms with E-state index in [4.69, 9.17) is 0 Å². The second-order valence-corrected chi connectivity index (χ2v) is 5.27. The summed E-state index contributed by atoms with van der Waals surface area (Å²) < 4.78 is 4.66. The molecule has 23 heavy (non-hydrogen) atoms. The maximum Gasteiger partial charge on any atom is 0.337 e. The second-order valence-electron chi connectivity index (χ2n) is 5.27. The van der Waals surface area contributed by atoms with Crippen LogP contribution in [0.5, 0.6) is 0 Å². The van der Waals surface area contributed by atoms with E-state index >= 15 is 0 Å². The van der Waals surface area contributed by atoms with Crippen LogP contribution < -0.4 is 10.6 Å². The Bertz CT molecular complexity index is 726. The van der Waals surface area contributed by atoms with Crippen molar-refractivity contribution in [1.29, 1.82) is 0 Å². The lowest BCUT2D eigenvalue weighted by atomic mass is 10.1. The van der Waals surface area contributed by atoms with Crippen molar-refractivity contribution >= 4 is 23.3 Å². The molecular formula is C18H20N2O3. The number of hydrogen-bond donors (Lipinski definition) is 2. The topological polar surface area (TPSA) is 67.4 Å². The van der Waals surface area contributed by atoms with Crippen LogP contribution in [-0.2, 0) is 9.53 Å². The number of methoxy groups -OCH3 is 1. The van der Waals surface area contributed by atoms with E-state index in [9.17, 15) is 9.59 Å². The largest absolute Gasteiger partial charge is 0.465 e. The first-order valence-electron chi connectivity index (χ1n) is 7.29. The molecule has 2 aromatic rings. The van der Waals surface area contributed by atoms with Crippen LogP contribution in [0.1, 0.15) is 21.5 Å². The molecule has 0 aliphatic rings. The fourth-order valence-corrected chi connectivity index (χ4v) is 2.08. The Hall–Kier alpha value is -2.82. The number of carbonyl (C=O) groups is 2. The van der Waals surface area contributed by atoms with Gasteiger partial charge in [-0.15, -0.1) is 0 Å². The lowest BCUT2D eigenvalue weighted by molar-refractivity contribution is -0.114. The van der Waals surface area contributed by atoms with Crippen LogP contribution in [0.3, 0.4) is 0 Å². The molecule has 0 unspecified atom stereocenters. The van der Waals surface area contributed by atoms with Gasteiger partial charge in [-0.1, -0.05) is 12.1 Å². The molecule has 2 aromatic carbocycles. The number of anilines is 2. The van der Waals surface area contributed by atoms with E-state index < -0.39 is 5.97 Å². The fraction of sp³-hybridized carbons (Fsp3) is 0.222. The summed E-state index contributed by atoms with van der Waals surface area (Å²) >= 11 is 0. The highest BCUT2D eigenvalue weighted by Gasteiger charge is 2.08. The van der Waals surface area contributed by atoms with Gasteiger partial charge < -0.3 is 15.4 Å². The number of nitrogens with one attached hydrogen (secondary N) is 2. The molecular weight excluding hydrogens is 292 g/mol. The average Bonchev–Trinajstić information content (AvgIpc) is 2.55. The summed E-state index contributed by atoms with van der Waals surface area (Å²) in [6, 6.07) is 12.6. The zero-order valence-electron chi connectivity index (χ0n) is 13.5. The van der Waals surface area contributed by atoms with E-state index in [1.54, 1.807) is 24.3 Å². The lowest BCUT2D eigenvalue weighted by Gasteiger charge is -2.10. The third-order valence-corrected chi connectivity index (χ3v) is 3.53. The minimum atomic E-state index is -0.436. The average molecular weight is 312 g/mol. The van der Waals surface area contributed by atoms with Crippen LogP contribution in [-0.4, -0.2) is 25.5 Å².